The Morgan fingerprint density at radius 1 is 0.620 bits per heavy atom. The van der Waals surface area contributed by atoms with E-state index in [1.165, 1.54) is 27.8 Å². The molecular formula is C62H56N7OPt-3. The van der Waals surface area contributed by atoms with Crippen molar-refractivity contribution in [1.82, 2.24) is 24.5 Å². The number of nitrogens with zero attached hydrogens (tertiary/aromatic N) is 7. The van der Waals surface area contributed by atoms with Crippen molar-refractivity contribution in [3.05, 3.63) is 209 Å². The number of rotatable bonds is 8. The summed E-state index contributed by atoms with van der Waals surface area (Å²) in [6, 6.07) is 54.4. The van der Waals surface area contributed by atoms with Gasteiger partial charge in [0.15, 0.2) is 11.6 Å². The first-order valence-corrected chi connectivity index (χ1v) is 24.1. The van der Waals surface area contributed by atoms with Crippen molar-refractivity contribution < 1.29 is 25.8 Å². The van der Waals surface area contributed by atoms with Crippen LogP contribution in [0.2, 0.25) is 0 Å². The summed E-state index contributed by atoms with van der Waals surface area (Å²) in [5.41, 5.74) is 13.2. The molecule has 0 radical (unpaired) electrons. The van der Waals surface area contributed by atoms with E-state index in [1.54, 1.807) is 0 Å². The zero-order valence-electron chi connectivity index (χ0n) is 41.6. The van der Waals surface area contributed by atoms with Gasteiger partial charge in [-0.3, -0.25) is 0 Å². The number of hydrogen-bond acceptors (Lipinski definition) is 7. The molecule has 1 aliphatic carbocycles. The number of anilines is 4. The molecule has 0 fully saturated rings. The summed E-state index contributed by atoms with van der Waals surface area (Å²) in [5, 5.41) is 2.95. The van der Waals surface area contributed by atoms with Crippen LogP contribution in [0.25, 0.3) is 51.6 Å². The Kier molecular flexibility index (Phi) is 12.4. The standard InChI is InChI=1S/C62H56N7O.Pt/c1-39-33-47(34-40(2)41(39)3)68-38-67(53-21-12-13-22-54(53)68)46-17-16-18-48(35-46)70-56-37-55-50(49-19-10-11-20-52(49)69(55)57-23-14-15-32-63-57)36-51(56)60-65-58(42-24-28-44(29-25-42)61(4,5)6)64-59(66-60)43-26-30-45(31-27-43)62(7,8)9;/h10-34,36,38,51,56H,1-9H3;/q-3;. The largest absolute Gasteiger partial charge is 0.530 e. The summed E-state index contributed by atoms with van der Waals surface area (Å²) in [6.45, 7) is 22.0. The molecule has 0 spiro atoms. The molecule has 0 amide bonds. The minimum absolute atomic E-state index is 0. The normalized spacial score (nSPS) is 15.4. The van der Waals surface area contributed by atoms with Crippen LogP contribution in [-0.4, -0.2) is 30.6 Å². The van der Waals surface area contributed by atoms with Crippen LogP contribution in [0.3, 0.4) is 0 Å². The Balaban J connectivity index is 0.00000582. The van der Waals surface area contributed by atoms with Gasteiger partial charge >= 0.3 is 0 Å². The second-order valence-electron chi connectivity index (χ2n) is 20.6. The van der Waals surface area contributed by atoms with Gasteiger partial charge < -0.3 is 19.1 Å². The van der Waals surface area contributed by atoms with E-state index in [9.17, 15) is 0 Å². The molecule has 0 saturated heterocycles. The number of para-hydroxylation sites is 3. The van der Waals surface area contributed by atoms with E-state index >= 15 is 0 Å². The van der Waals surface area contributed by atoms with Crippen molar-refractivity contribution in [2.24, 2.45) is 0 Å². The summed E-state index contributed by atoms with van der Waals surface area (Å²) in [4.78, 5) is 25.2. The van der Waals surface area contributed by atoms with Crippen LogP contribution in [0.1, 0.15) is 81.1 Å². The number of pyridine rings is 1. The van der Waals surface area contributed by atoms with Gasteiger partial charge in [-0.1, -0.05) is 132 Å². The fraction of sp³-hybridized carbons (Fsp3) is 0.210. The summed E-state index contributed by atoms with van der Waals surface area (Å²) >= 11 is 0. The maximum absolute atomic E-state index is 7.22. The Labute approximate surface area is 431 Å². The SMILES string of the molecule is Cc1cc(N2[CH-]N(c3[c-]c(OC4[C-]=c5c(c6ccccc6n5-c5ccccn5)=CC4c4nc(-c5ccc(C(C)(C)C)cc5)nc(-c5ccc(C(C)(C)C)cc5)n4)ccc3)c3ccccc32)cc(C)c1C.[Pt]. The van der Waals surface area contributed by atoms with Gasteiger partial charge in [-0.15, -0.1) is 47.2 Å². The minimum atomic E-state index is -0.690. The number of benzene rings is 6. The molecule has 4 heterocycles. The van der Waals surface area contributed by atoms with Crippen molar-refractivity contribution in [1.29, 1.82) is 0 Å². The third kappa shape index (κ3) is 8.99. The smallest absolute Gasteiger partial charge is 0.163 e. The van der Waals surface area contributed by atoms with E-state index in [2.05, 4.69) is 217 Å². The van der Waals surface area contributed by atoms with E-state index in [0.29, 0.717) is 23.2 Å². The van der Waals surface area contributed by atoms with Crippen LogP contribution in [0.5, 0.6) is 5.75 Å². The first-order valence-electron chi connectivity index (χ1n) is 24.1. The fourth-order valence-electron chi connectivity index (χ4n) is 9.59. The van der Waals surface area contributed by atoms with Crippen LogP contribution >= 0.6 is 0 Å². The Hall–Kier alpha value is -7.15. The average molecular weight is 1110 g/mol. The van der Waals surface area contributed by atoms with E-state index in [1.807, 2.05) is 36.5 Å². The molecule has 0 N–H and O–H groups in total. The predicted molar refractivity (Wildman–Crippen MR) is 284 cm³/mol. The second kappa shape index (κ2) is 18.5. The third-order valence-electron chi connectivity index (χ3n) is 13.8. The molecule has 1 aliphatic heterocycles. The number of fused-ring (bicyclic) bond motifs is 4. The fourth-order valence-corrected chi connectivity index (χ4v) is 9.59. The van der Waals surface area contributed by atoms with Crippen molar-refractivity contribution in [2.75, 3.05) is 9.80 Å². The Morgan fingerprint density at radius 3 is 1.82 bits per heavy atom. The maximum atomic E-state index is 7.22. The van der Waals surface area contributed by atoms with Gasteiger partial charge in [0.25, 0.3) is 0 Å². The number of hydrogen-bond donors (Lipinski definition) is 0. The quantitative estimate of drug-likeness (QED) is 0.140. The molecule has 8 nitrogen and oxygen atoms in total. The summed E-state index contributed by atoms with van der Waals surface area (Å²) in [6.07, 6.45) is 7.28. The maximum Gasteiger partial charge on any atom is 0.163 e. The van der Waals surface area contributed by atoms with Crippen LogP contribution in [0, 0.1) is 33.5 Å². The first kappa shape index (κ1) is 47.5. The Bertz CT molecular complexity index is 3470. The second-order valence-corrected chi connectivity index (χ2v) is 20.6. The molecule has 71 heavy (non-hydrogen) atoms. The van der Waals surface area contributed by atoms with Gasteiger partial charge in [0.05, 0.1) is 6.10 Å². The van der Waals surface area contributed by atoms with Crippen LogP contribution in [0.4, 0.5) is 22.7 Å². The molecule has 2 aliphatic rings. The number of ether oxygens (including phenoxy) is 1. The zero-order valence-corrected chi connectivity index (χ0v) is 43.9. The van der Waals surface area contributed by atoms with Gasteiger partial charge in [0, 0.05) is 72.6 Å². The van der Waals surface area contributed by atoms with Gasteiger partial charge in [0.1, 0.15) is 11.6 Å². The first-order chi connectivity index (χ1) is 33.7. The average Bonchev–Trinajstić information content (AvgIpc) is 3.91. The number of aromatic nitrogens is 5. The molecule has 2 unspecified atom stereocenters. The molecule has 11 rings (SSSR count). The topological polar surface area (TPSA) is 72.2 Å². The third-order valence-corrected chi connectivity index (χ3v) is 13.8. The van der Waals surface area contributed by atoms with Crippen molar-refractivity contribution in [2.45, 2.75) is 85.2 Å². The molecule has 358 valence electrons. The van der Waals surface area contributed by atoms with Crippen LogP contribution in [0.15, 0.2) is 152 Å². The molecule has 0 bridgehead atoms. The monoisotopic (exact) mass is 1110 g/mol. The Morgan fingerprint density at radius 2 is 1.21 bits per heavy atom. The molecule has 2 atom stereocenters. The van der Waals surface area contributed by atoms with Gasteiger partial charge in [-0.2, -0.15) is 6.07 Å². The van der Waals surface area contributed by atoms with Crippen molar-refractivity contribution in [3.8, 4) is 34.3 Å². The molecular weight excluding hydrogens is 1050 g/mol. The summed E-state index contributed by atoms with van der Waals surface area (Å²) in [7, 11) is 0. The van der Waals surface area contributed by atoms with E-state index < -0.39 is 12.0 Å². The van der Waals surface area contributed by atoms with Crippen molar-refractivity contribution in [3.63, 3.8) is 0 Å². The predicted octanol–water partition coefficient (Wildman–Crippen LogP) is 13.0. The van der Waals surface area contributed by atoms with Crippen LogP contribution < -0.4 is 25.1 Å². The van der Waals surface area contributed by atoms with Gasteiger partial charge in [-0.05, 0) is 102 Å². The molecule has 3 aromatic heterocycles. The zero-order chi connectivity index (χ0) is 48.5. The van der Waals surface area contributed by atoms with Crippen LogP contribution in [-0.2, 0) is 31.9 Å². The van der Waals surface area contributed by atoms with E-state index in [4.69, 9.17) is 24.7 Å². The summed E-state index contributed by atoms with van der Waals surface area (Å²) < 4.78 is 9.39. The number of aryl methyl sites for hydroxylation is 2. The molecule has 6 aromatic carbocycles. The molecule has 9 heteroatoms. The van der Waals surface area contributed by atoms with E-state index in [-0.39, 0.29) is 31.9 Å². The summed E-state index contributed by atoms with van der Waals surface area (Å²) in [5.74, 6) is 2.63. The molecule has 0 saturated carbocycles. The molecule has 9 aromatic rings. The van der Waals surface area contributed by atoms with Crippen molar-refractivity contribution >= 4 is 45.8 Å². The van der Waals surface area contributed by atoms with Gasteiger partial charge in [0.2, 0.25) is 0 Å². The minimum Gasteiger partial charge on any atom is -0.530 e. The van der Waals surface area contributed by atoms with E-state index in [0.717, 1.165) is 61.2 Å². The van der Waals surface area contributed by atoms with Gasteiger partial charge in [-0.25, -0.2) is 26.0 Å².